The highest BCUT2D eigenvalue weighted by Gasteiger charge is 2.17. The van der Waals surface area contributed by atoms with Gasteiger partial charge in [-0.15, -0.1) is 0 Å². The van der Waals surface area contributed by atoms with Gasteiger partial charge in [0.05, 0.1) is 7.11 Å². The largest absolute Gasteiger partial charge is 0.497 e. The van der Waals surface area contributed by atoms with Gasteiger partial charge in [0, 0.05) is 6.07 Å². The van der Waals surface area contributed by atoms with Gasteiger partial charge in [-0.3, -0.25) is 0 Å². The van der Waals surface area contributed by atoms with Crippen molar-refractivity contribution in [2.75, 3.05) is 7.11 Å². The molecule has 28 heavy (non-hydrogen) atoms. The van der Waals surface area contributed by atoms with E-state index in [0.717, 1.165) is 16.9 Å². The molecule has 0 saturated heterocycles. The zero-order chi connectivity index (χ0) is 19.9. The van der Waals surface area contributed by atoms with Crippen LogP contribution in [0, 0.1) is 6.92 Å². The Morgan fingerprint density at radius 3 is 2.14 bits per heavy atom. The molecule has 5 heteroatoms. The van der Waals surface area contributed by atoms with Crippen molar-refractivity contribution < 1.29 is 24.1 Å². The van der Waals surface area contributed by atoms with Crippen LogP contribution < -0.4 is 14.2 Å². The Morgan fingerprint density at radius 1 is 0.857 bits per heavy atom. The Bertz CT molecular complexity index is 933. The van der Waals surface area contributed by atoms with Gasteiger partial charge in [-0.1, -0.05) is 42.5 Å². The zero-order valence-electron chi connectivity index (χ0n) is 15.8. The number of carboxylic acids is 1. The fourth-order valence-electron chi connectivity index (χ4n) is 2.82. The Kier molecular flexibility index (Phi) is 6.17. The second-order valence-electron chi connectivity index (χ2n) is 6.33. The van der Waals surface area contributed by atoms with Crippen molar-refractivity contribution in [3.8, 4) is 17.2 Å². The summed E-state index contributed by atoms with van der Waals surface area (Å²) in [6, 6.07) is 20.5. The average molecular weight is 378 g/mol. The zero-order valence-corrected chi connectivity index (χ0v) is 15.8. The molecule has 3 aromatic rings. The molecule has 3 aromatic carbocycles. The molecule has 0 spiro atoms. The van der Waals surface area contributed by atoms with E-state index in [1.807, 2.05) is 54.6 Å². The molecule has 0 saturated carbocycles. The van der Waals surface area contributed by atoms with Gasteiger partial charge in [0.25, 0.3) is 0 Å². The highest BCUT2D eigenvalue weighted by Crippen LogP contribution is 2.30. The van der Waals surface area contributed by atoms with E-state index in [9.17, 15) is 9.90 Å². The van der Waals surface area contributed by atoms with Gasteiger partial charge in [-0.2, -0.15) is 0 Å². The number of methoxy groups -OCH3 is 1. The molecule has 0 heterocycles. The topological polar surface area (TPSA) is 65.0 Å². The molecular formula is C23H22O5. The number of ether oxygens (including phenoxy) is 3. The van der Waals surface area contributed by atoms with Crippen molar-refractivity contribution >= 4 is 5.97 Å². The van der Waals surface area contributed by atoms with E-state index in [-0.39, 0.29) is 17.9 Å². The molecule has 0 aliphatic heterocycles. The number of hydrogen-bond donors (Lipinski definition) is 1. The number of aromatic carboxylic acids is 1. The van der Waals surface area contributed by atoms with Gasteiger partial charge in [-0.05, 0) is 41.8 Å². The fourth-order valence-corrected chi connectivity index (χ4v) is 2.82. The number of aryl methyl sites for hydroxylation is 1. The molecule has 3 rings (SSSR count). The minimum Gasteiger partial charge on any atom is -0.497 e. The molecule has 144 valence electrons. The Hall–Kier alpha value is -3.47. The summed E-state index contributed by atoms with van der Waals surface area (Å²) in [5.74, 6) is 0.571. The third-order valence-electron chi connectivity index (χ3n) is 4.29. The maximum Gasteiger partial charge on any atom is 0.339 e. The van der Waals surface area contributed by atoms with Crippen LogP contribution in [0.3, 0.4) is 0 Å². The lowest BCUT2D eigenvalue weighted by molar-refractivity contribution is 0.0691. The van der Waals surface area contributed by atoms with Crippen LogP contribution in [0.2, 0.25) is 0 Å². The van der Waals surface area contributed by atoms with Crippen LogP contribution in [-0.2, 0) is 13.2 Å². The SMILES string of the molecule is COc1ccc(COc2cc(OCc3ccccc3)cc(C)c2C(=O)O)cc1. The fraction of sp³-hybridized carbons (Fsp3) is 0.174. The van der Waals surface area contributed by atoms with Crippen molar-refractivity contribution in [1.29, 1.82) is 0 Å². The molecule has 0 atom stereocenters. The number of carbonyl (C=O) groups is 1. The van der Waals surface area contributed by atoms with E-state index >= 15 is 0 Å². The molecule has 0 radical (unpaired) electrons. The third kappa shape index (κ3) is 4.82. The summed E-state index contributed by atoms with van der Waals surface area (Å²) in [6.07, 6.45) is 0. The van der Waals surface area contributed by atoms with E-state index in [1.165, 1.54) is 0 Å². The molecule has 5 nitrogen and oxygen atoms in total. The molecular weight excluding hydrogens is 356 g/mol. The van der Waals surface area contributed by atoms with Crippen molar-refractivity contribution in [2.24, 2.45) is 0 Å². The van der Waals surface area contributed by atoms with E-state index in [0.29, 0.717) is 17.9 Å². The lowest BCUT2D eigenvalue weighted by atomic mass is 10.1. The first kappa shape index (κ1) is 19.3. The summed E-state index contributed by atoms with van der Waals surface area (Å²) in [7, 11) is 1.61. The van der Waals surface area contributed by atoms with Crippen molar-refractivity contribution in [3.05, 3.63) is 89.0 Å². The second-order valence-corrected chi connectivity index (χ2v) is 6.33. The van der Waals surface area contributed by atoms with E-state index < -0.39 is 5.97 Å². The predicted molar refractivity (Wildman–Crippen MR) is 106 cm³/mol. The molecule has 0 aliphatic rings. The van der Waals surface area contributed by atoms with Crippen LogP contribution in [0.5, 0.6) is 17.2 Å². The van der Waals surface area contributed by atoms with Crippen molar-refractivity contribution in [1.82, 2.24) is 0 Å². The van der Waals surface area contributed by atoms with Gasteiger partial charge < -0.3 is 19.3 Å². The van der Waals surface area contributed by atoms with Crippen LogP contribution in [0.1, 0.15) is 27.0 Å². The molecule has 0 fully saturated rings. The number of rotatable bonds is 8. The molecule has 0 aromatic heterocycles. The van der Waals surface area contributed by atoms with Gasteiger partial charge >= 0.3 is 5.97 Å². The molecule has 0 bridgehead atoms. The third-order valence-corrected chi connectivity index (χ3v) is 4.29. The van der Waals surface area contributed by atoms with Crippen LogP contribution in [0.15, 0.2) is 66.7 Å². The molecule has 0 aliphatic carbocycles. The summed E-state index contributed by atoms with van der Waals surface area (Å²) >= 11 is 0. The Labute approximate surface area is 164 Å². The number of benzene rings is 3. The van der Waals surface area contributed by atoms with E-state index in [1.54, 1.807) is 26.2 Å². The van der Waals surface area contributed by atoms with Crippen LogP contribution in [0.4, 0.5) is 0 Å². The predicted octanol–water partition coefficient (Wildman–Crippen LogP) is 4.86. The number of carboxylic acid groups (broad SMARTS) is 1. The summed E-state index contributed by atoms with van der Waals surface area (Å²) in [5, 5.41) is 9.57. The standard InChI is InChI=1S/C23H22O5/c1-16-12-20(27-14-17-6-4-3-5-7-17)13-21(22(16)23(24)25)28-15-18-8-10-19(26-2)11-9-18/h3-13H,14-15H2,1-2H3,(H,24,25). The van der Waals surface area contributed by atoms with Gasteiger partial charge in [0.15, 0.2) is 0 Å². The van der Waals surface area contributed by atoms with E-state index in [2.05, 4.69) is 0 Å². The monoisotopic (exact) mass is 378 g/mol. The van der Waals surface area contributed by atoms with Gasteiger partial charge in [-0.25, -0.2) is 4.79 Å². The summed E-state index contributed by atoms with van der Waals surface area (Å²) in [6.45, 7) is 2.37. The average Bonchev–Trinajstić information content (AvgIpc) is 2.71. The summed E-state index contributed by atoms with van der Waals surface area (Å²) in [4.78, 5) is 11.7. The molecule has 1 N–H and O–H groups in total. The Morgan fingerprint density at radius 2 is 1.50 bits per heavy atom. The first-order valence-corrected chi connectivity index (χ1v) is 8.87. The molecule has 0 amide bonds. The normalized spacial score (nSPS) is 10.4. The highest BCUT2D eigenvalue weighted by molar-refractivity contribution is 5.93. The Balaban J connectivity index is 1.78. The minimum atomic E-state index is -1.03. The van der Waals surface area contributed by atoms with Gasteiger partial charge in [0.1, 0.15) is 36.0 Å². The number of hydrogen-bond acceptors (Lipinski definition) is 4. The maximum absolute atomic E-state index is 11.7. The smallest absolute Gasteiger partial charge is 0.339 e. The lowest BCUT2D eigenvalue weighted by Gasteiger charge is -2.15. The summed E-state index contributed by atoms with van der Waals surface area (Å²) < 4.78 is 16.8. The van der Waals surface area contributed by atoms with Crippen molar-refractivity contribution in [2.45, 2.75) is 20.1 Å². The second kappa shape index (κ2) is 8.95. The van der Waals surface area contributed by atoms with Crippen LogP contribution in [0.25, 0.3) is 0 Å². The van der Waals surface area contributed by atoms with Crippen LogP contribution in [-0.4, -0.2) is 18.2 Å². The van der Waals surface area contributed by atoms with Crippen molar-refractivity contribution in [3.63, 3.8) is 0 Å². The van der Waals surface area contributed by atoms with E-state index in [4.69, 9.17) is 14.2 Å². The quantitative estimate of drug-likeness (QED) is 0.606. The molecule has 0 unspecified atom stereocenters. The highest BCUT2D eigenvalue weighted by atomic mass is 16.5. The first-order valence-electron chi connectivity index (χ1n) is 8.87. The van der Waals surface area contributed by atoms with Gasteiger partial charge in [0.2, 0.25) is 0 Å². The maximum atomic E-state index is 11.7. The first-order chi connectivity index (χ1) is 13.6. The summed E-state index contributed by atoms with van der Waals surface area (Å²) in [5.41, 5.74) is 2.66. The minimum absolute atomic E-state index is 0.139. The lowest BCUT2D eigenvalue weighted by Crippen LogP contribution is -2.07. The van der Waals surface area contributed by atoms with Crippen LogP contribution >= 0.6 is 0 Å².